The summed E-state index contributed by atoms with van der Waals surface area (Å²) in [6.45, 7) is 2.49. The zero-order valence-corrected chi connectivity index (χ0v) is 9.94. The molecule has 0 saturated heterocycles. The van der Waals surface area contributed by atoms with E-state index in [-0.39, 0.29) is 5.56 Å². The van der Waals surface area contributed by atoms with Crippen molar-refractivity contribution in [3.8, 4) is 6.07 Å². The number of nitrogens with one attached hydrogen (secondary N) is 1. The number of benzene rings is 1. The topological polar surface area (TPSA) is 48.7 Å². The summed E-state index contributed by atoms with van der Waals surface area (Å²) in [6, 6.07) is 8.31. The van der Waals surface area contributed by atoms with Gasteiger partial charge in [0.2, 0.25) is 0 Å². The third-order valence-electron chi connectivity index (χ3n) is 2.74. The molecule has 4 heteroatoms. The molecule has 0 spiro atoms. The molecule has 0 unspecified atom stereocenters. The number of aryl methyl sites for hydroxylation is 1. The number of anilines is 1. The molecule has 0 aliphatic heterocycles. The Morgan fingerprint density at radius 2 is 2.22 bits per heavy atom. The molecule has 0 aliphatic rings. The molecule has 0 fully saturated rings. The Balaban J connectivity index is 2.19. The average molecular weight is 241 g/mol. The minimum absolute atomic E-state index is 0.0408. The third kappa shape index (κ3) is 2.46. The van der Waals surface area contributed by atoms with Crippen molar-refractivity contribution in [2.75, 3.05) is 5.32 Å². The van der Waals surface area contributed by atoms with Gasteiger partial charge in [-0.15, -0.1) is 0 Å². The standard InChI is InChI=1S/C14H12FN3/c1-10-5-6-17-8-11(10)9-18-14-4-2-3-13(15)12(14)7-16/h2-6,8,18H,9H2,1H3. The van der Waals surface area contributed by atoms with Crippen LogP contribution < -0.4 is 5.32 Å². The first kappa shape index (κ1) is 12.1. The number of rotatable bonds is 3. The van der Waals surface area contributed by atoms with E-state index in [1.165, 1.54) is 6.07 Å². The van der Waals surface area contributed by atoms with Gasteiger partial charge in [0, 0.05) is 18.9 Å². The highest BCUT2D eigenvalue weighted by Gasteiger charge is 2.07. The molecule has 18 heavy (non-hydrogen) atoms. The Kier molecular flexibility index (Phi) is 3.54. The number of nitriles is 1. The fourth-order valence-corrected chi connectivity index (χ4v) is 1.66. The summed E-state index contributed by atoms with van der Waals surface area (Å²) < 4.78 is 13.4. The SMILES string of the molecule is Cc1ccncc1CNc1cccc(F)c1C#N. The van der Waals surface area contributed by atoms with Gasteiger partial charge in [0.05, 0.1) is 5.69 Å². The van der Waals surface area contributed by atoms with Gasteiger partial charge in [0.15, 0.2) is 0 Å². The molecular formula is C14H12FN3. The summed E-state index contributed by atoms with van der Waals surface area (Å²) in [5.74, 6) is -0.509. The largest absolute Gasteiger partial charge is 0.380 e. The lowest BCUT2D eigenvalue weighted by Gasteiger charge is -2.10. The van der Waals surface area contributed by atoms with Crippen LogP contribution in [-0.2, 0) is 6.54 Å². The molecular weight excluding hydrogens is 229 g/mol. The average Bonchev–Trinajstić information content (AvgIpc) is 2.38. The lowest BCUT2D eigenvalue weighted by molar-refractivity contribution is 0.624. The molecule has 3 nitrogen and oxygen atoms in total. The van der Waals surface area contributed by atoms with Gasteiger partial charge in [-0.2, -0.15) is 5.26 Å². The Hall–Kier alpha value is -2.41. The molecule has 2 rings (SSSR count). The Morgan fingerprint density at radius 3 is 2.94 bits per heavy atom. The van der Waals surface area contributed by atoms with E-state index in [0.29, 0.717) is 12.2 Å². The van der Waals surface area contributed by atoms with E-state index < -0.39 is 5.82 Å². The van der Waals surface area contributed by atoms with Crippen molar-refractivity contribution in [2.24, 2.45) is 0 Å². The van der Waals surface area contributed by atoms with E-state index in [2.05, 4.69) is 10.3 Å². The number of hydrogen-bond donors (Lipinski definition) is 1. The third-order valence-corrected chi connectivity index (χ3v) is 2.74. The van der Waals surface area contributed by atoms with Gasteiger partial charge in [0.1, 0.15) is 17.4 Å². The second-order valence-electron chi connectivity index (χ2n) is 3.93. The van der Waals surface area contributed by atoms with Gasteiger partial charge in [0.25, 0.3) is 0 Å². The molecule has 2 aromatic rings. The van der Waals surface area contributed by atoms with Gasteiger partial charge in [-0.05, 0) is 36.2 Å². The zero-order chi connectivity index (χ0) is 13.0. The number of halogens is 1. The number of hydrogen-bond acceptors (Lipinski definition) is 3. The van der Waals surface area contributed by atoms with E-state index in [4.69, 9.17) is 5.26 Å². The highest BCUT2D eigenvalue weighted by molar-refractivity contribution is 5.58. The quantitative estimate of drug-likeness (QED) is 0.898. The molecule has 1 N–H and O–H groups in total. The predicted octanol–water partition coefficient (Wildman–Crippen LogP) is 3.01. The summed E-state index contributed by atoms with van der Waals surface area (Å²) in [5, 5.41) is 12.0. The van der Waals surface area contributed by atoms with Crippen LogP contribution in [-0.4, -0.2) is 4.98 Å². The van der Waals surface area contributed by atoms with Crippen molar-refractivity contribution in [2.45, 2.75) is 13.5 Å². The van der Waals surface area contributed by atoms with Crippen LogP contribution in [0.2, 0.25) is 0 Å². The van der Waals surface area contributed by atoms with E-state index in [1.807, 2.05) is 19.1 Å². The predicted molar refractivity (Wildman–Crippen MR) is 67.4 cm³/mol. The molecule has 0 bridgehead atoms. The molecule has 0 atom stereocenters. The minimum atomic E-state index is -0.509. The molecule has 1 heterocycles. The van der Waals surface area contributed by atoms with Crippen LogP contribution in [0.5, 0.6) is 0 Å². The lowest BCUT2D eigenvalue weighted by Crippen LogP contribution is -2.04. The summed E-state index contributed by atoms with van der Waals surface area (Å²) in [7, 11) is 0. The molecule has 0 saturated carbocycles. The van der Waals surface area contributed by atoms with Gasteiger partial charge in [-0.25, -0.2) is 4.39 Å². The van der Waals surface area contributed by atoms with E-state index >= 15 is 0 Å². The minimum Gasteiger partial charge on any atom is -0.380 e. The molecule has 0 radical (unpaired) electrons. The monoisotopic (exact) mass is 241 g/mol. The molecule has 90 valence electrons. The van der Waals surface area contributed by atoms with Gasteiger partial charge < -0.3 is 5.32 Å². The Morgan fingerprint density at radius 1 is 1.39 bits per heavy atom. The highest BCUT2D eigenvalue weighted by atomic mass is 19.1. The second kappa shape index (κ2) is 5.28. The van der Waals surface area contributed by atoms with Gasteiger partial charge in [-0.1, -0.05) is 6.07 Å². The van der Waals surface area contributed by atoms with Crippen LogP contribution in [0.4, 0.5) is 10.1 Å². The van der Waals surface area contributed by atoms with E-state index in [1.54, 1.807) is 24.5 Å². The van der Waals surface area contributed by atoms with Crippen LogP contribution >= 0.6 is 0 Å². The van der Waals surface area contributed by atoms with Crippen molar-refractivity contribution < 1.29 is 4.39 Å². The van der Waals surface area contributed by atoms with Gasteiger partial charge in [-0.3, -0.25) is 4.98 Å². The smallest absolute Gasteiger partial charge is 0.143 e. The van der Waals surface area contributed by atoms with Crippen molar-refractivity contribution in [3.05, 3.63) is 59.2 Å². The summed E-state index contributed by atoms with van der Waals surface area (Å²) in [4.78, 5) is 4.04. The summed E-state index contributed by atoms with van der Waals surface area (Å²) in [5.41, 5.74) is 2.66. The molecule has 1 aromatic carbocycles. The van der Waals surface area contributed by atoms with Crippen molar-refractivity contribution >= 4 is 5.69 Å². The second-order valence-corrected chi connectivity index (χ2v) is 3.93. The van der Waals surface area contributed by atoms with Crippen molar-refractivity contribution in [1.29, 1.82) is 5.26 Å². The first-order valence-electron chi connectivity index (χ1n) is 5.54. The van der Waals surface area contributed by atoms with E-state index in [0.717, 1.165) is 11.1 Å². The molecule has 0 amide bonds. The zero-order valence-electron chi connectivity index (χ0n) is 9.94. The fraction of sp³-hybridized carbons (Fsp3) is 0.143. The lowest BCUT2D eigenvalue weighted by atomic mass is 10.1. The Bertz CT molecular complexity index is 602. The maximum atomic E-state index is 13.4. The summed E-state index contributed by atoms with van der Waals surface area (Å²) in [6.07, 6.45) is 3.48. The number of pyridine rings is 1. The van der Waals surface area contributed by atoms with Crippen LogP contribution in [0.1, 0.15) is 16.7 Å². The van der Waals surface area contributed by atoms with Gasteiger partial charge >= 0.3 is 0 Å². The normalized spacial score (nSPS) is 9.83. The Labute approximate surface area is 105 Å². The van der Waals surface area contributed by atoms with Crippen LogP contribution in [0, 0.1) is 24.1 Å². The summed E-state index contributed by atoms with van der Waals surface area (Å²) >= 11 is 0. The van der Waals surface area contributed by atoms with E-state index in [9.17, 15) is 4.39 Å². The number of nitrogens with zero attached hydrogens (tertiary/aromatic N) is 2. The highest BCUT2D eigenvalue weighted by Crippen LogP contribution is 2.19. The number of aromatic nitrogens is 1. The van der Waals surface area contributed by atoms with Crippen molar-refractivity contribution in [1.82, 2.24) is 4.98 Å². The fourth-order valence-electron chi connectivity index (χ4n) is 1.66. The molecule has 1 aromatic heterocycles. The van der Waals surface area contributed by atoms with Crippen LogP contribution in [0.15, 0.2) is 36.7 Å². The maximum absolute atomic E-state index is 13.4. The first-order chi connectivity index (χ1) is 8.72. The van der Waals surface area contributed by atoms with Crippen LogP contribution in [0.3, 0.4) is 0 Å². The van der Waals surface area contributed by atoms with Crippen LogP contribution in [0.25, 0.3) is 0 Å². The first-order valence-corrected chi connectivity index (χ1v) is 5.54. The molecule has 0 aliphatic carbocycles. The maximum Gasteiger partial charge on any atom is 0.143 e. The van der Waals surface area contributed by atoms with Crippen molar-refractivity contribution in [3.63, 3.8) is 0 Å².